The van der Waals surface area contributed by atoms with Crippen LogP contribution in [0.4, 0.5) is 4.39 Å². The first-order valence-electron chi connectivity index (χ1n) is 4.22. The van der Waals surface area contributed by atoms with Crippen molar-refractivity contribution in [3.63, 3.8) is 0 Å². The van der Waals surface area contributed by atoms with Crippen molar-refractivity contribution in [2.45, 2.75) is 6.61 Å². The van der Waals surface area contributed by atoms with Gasteiger partial charge in [-0.2, -0.15) is 4.39 Å². The summed E-state index contributed by atoms with van der Waals surface area (Å²) in [5, 5.41) is 1.96. The second-order valence-electron chi connectivity index (χ2n) is 2.81. The van der Waals surface area contributed by atoms with Gasteiger partial charge in [-0.05, 0) is 34.1 Å². The van der Waals surface area contributed by atoms with Crippen LogP contribution >= 0.6 is 27.3 Å². The minimum absolute atomic E-state index is 0.182. The summed E-state index contributed by atoms with van der Waals surface area (Å²) in [7, 11) is 0. The van der Waals surface area contributed by atoms with Crippen molar-refractivity contribution in [1.29, 1.82) is 0 Å². The molecule has 0 aliphatic rings. The number of thiophene rings is 1. The number of pyridine rings is 1. The minimum Gasteiger partial charge on any atom is -0.483 e. The Morgan fingerprint density at radius 2 is 2.40 bits per heavy atom. The Labute approximate surface area is 98.9 Å². The van der Waals surface area contributed by atoms with E-state index in [1.807, 2.05) is 11.4 Å². The number of aromatic nitrogens is 1. The number of hydrogen-bond donors (Lipinski definition) is 0. The molecule has 2 nitrogen and oxygen atoms in total. The average molecular weight is 288 g/mol. The highest BCUT2D eigenvalue weighted by atomic mass is 79.9. The van der Waals surface area contributed by atoms with Crippen molar-refractivity contribution in [1.82, 2.24) is 4.98 Å². The summed E-state index contributed by atoms with van der Waals surface area (Å²) in [6, 6.07) is 5.15. The molecule has 78 valence electrons. The summed E-state index contributed by atoms with van der Waals surface area (Å²) >= 11 is 4.90. The first-order valence-corrected chi connectivity index (χ1v) is 5.89. The molecule has 2 rings (SSSR count). The van der Waals surface area contributed by atoms with Gasteiger partial charge in [-0.1, -0.05) is 0 Å². The smallest absolute Gasteiger partial charge is 0.255 e. The number of nitrogens with zero attached hydrogens (tertiary/aromatic N) is 1. The molecule has 5 heteroatoms. The molecule has 2 aromatic heterocycles. The Morgan fingerprint density at radius 1 is 1.53 bits per heavy atom. The van der Waals surface area contributed by atoms with Gasteiger partial charge in [-0.25, -0.2) is 4.98 Å². The van der Waals surface area contributed by atoms with E-state index >= 15 is 0 Å². The Hall–Kier alpha value is -0.940. The van der Waals surface area contributed by atoms with E-state index in [-0.39, 0.29) is 5.75 Å². The van der Waals surface area contributed by atoms with Crippen LogP contribution in [0, 0.1) is 5.95 Å². The quantitative estimate of drug-likeness (QED) is 0.805. The third-order valence-electron chi connectivity index (χ3n) is 1.72. The van der Waals surface area contributed by atoms with Crippen molar-refractivity contribution in [3.8, 4) is 5.75 Å². The second kappa shape index (κ2) is 4.72. The predicted octanol–water partition coefficient (Wildman–Crippen LogP) is 3.62. The molecule has 0 atom stereocenters. The summed E-state index contributed by atoms with van der Waals surface area (Å²) < 4.78 is 19.4. The molecule has 0 spiro atoms. The zero-order valence-corrected chi connectivity index (χ0v) is 10.0. The van der Waals surface area contributed by atoms with Gasteiger partial charge in [0.1, 0.15) is 6.61 Å². The Bertz CT molecular complexity index is 460. The lowest BCUT2D eigenvalue weighted by atomic mass is 10.4. The van der Waals surface area contributed by atoms with Crippen LogP contribution < -0.4 is 4.74 Å². The van der Waals surface area contributed by atoms with Crippen molar-refractivity contribution in [2.75, 3.05) is 0 Å². The van der Waals surface area contributed by atoms with E-state index in [4.69, 9.17) is 4.74 Å². The van der Waals surface area contributed by atoms with Crippen LogP contribution in [0.25, 0.3) is 0 Å². The maximum Gasteiger partial charge on any atom is 0.255 e. The highest BCUT2D eigenvalue weighted by Crippen LogP contribution is 2.22. The number of rotatable bonds is 3. The molecule has 0 amide bonds. The maximum atomic E-state index is 13.1. The molecule has 0 aromatic carbocycles. The van der Waals surface area contributed by atoms with Crippen LogP contribution in [0.3, 0.4) is 0 Å². The Balaban J connectivity index is 2.02. The maximum absolute atomic E-state index is 13.1. The lowest BCUT2D eigenvalue weighted by Crippen LogP contribution is -1.96. The highest BCUT2D eigenvalue weighted by molar-refractivity contribution is 9.10. The summed E-state index contributed by atoms with van der Waals surface area (Å²) in [4.78, 5) is 4.53. The molecule has 0 N–H and O–H groups in total. The molecule has 0 saturated carbocycles. The fraction of sp³-hybridized carbons (Fsp3) is 0.100. The van der Waals surface area contributed by atoms with E-state index in [0.29, 0.717) is 6.61 Å². The van der Waals surface area contributed by atoms with Gasteiger partial charge in [0.15, 0.2) is 5.75 Å². The van der Waals surface area contributed by atoms with E-state index in [9.17, 15) is 4.39 Å². The van der Waals surface area contributed by atoms with Gasteiger partial charge < -0.3 is 4.74 Å². The molecule has 15 heavy (non-hydrogen) atoms. The molecule has 0 radical (unpaired) electrons. The molecule has 0 aliphatic carbocycles. The zero-order chi connectivity index (χ0) is 10.7. The molecular formula is C10H7BrFNOS. The van der Waals surface area contributed by atoms with Crippen LogP contribution in [-0.4, -0.2) is 4.98 Å². The first kappa shape index (κ1) is 10.6. The third-order valence-corrected chi connectivity index (χ3v) is 3.39. The fourth-order valence-corrected chi connectivity index (χ4v) is 2.42. The monoisotopic (exact) mass is 287 g/mol. The van der Waals surface area contributed by atoms with Gasteiger partial charge in [0.05, 0.1) is 0 Å². The SMILES string of the molecule is Fc1ncccc1OCc1cc(Br)cs1. The standard InChI is InChI=1S/C10H7BrFNOS/c11-7-4-8(15-6-7)5-14-9-2-1-3-13-10(9)12/h1-4,6H,5H2. The molecule has 0 bridgehead atoms. The van der Waals surface area contributed by atoms with Crippen LogP contribution in [-0.2, 0) is 6.61 Å². The largest absolute Gasteiger partial charge is 0.483 e. The lowest BCUT2D eigenvalue weighted by molar-refractivity contribution is 0.289. The van der Waals surface area contributed by atoms with E-state index in [1.54, 1.807) is 23.5 Å². The topological polar surface area (TPSA) is 22.1 Å². The van der Waals surface area contributed by atoms with Crippen LogP contribution in [0.2, 0.25) is 0 Å². The van der Waals surface area contributed by atoms with Gasteiger partial charge in [0.25, 0.3) is 5.95 Å². The average Bonchev–Trinajstić information content (AvgIpc) is 2.63. The van der Waals surface area contributed by atoms with Gasteiger partial charge in [-0.3, -0.25) is 0 Å². The van der Waals surface area contributed by atoms with Gasteiger partial charge >= 0.3 is 0 Å². The van der Waals surface area contributed by atoms with Gasteiger partial charge in [0.2, 0.25) is 0 Å². The van der Waals surface area contributed by atoms with Gasteiger partial charge in [-0.15, -0.1) is 11.3 Å². The number of ether oxygens (including phenoxy) is 1. The lowest BCUT2D eigenvalue weighted by Gasteiger charge is -2.03. The van der Waals surface area contributed by atoms with E-state index in [0.717, 1.165) is 9.35 Å². The molecule has 0 fully saturated rings. The molecular weight excluding hydrogens is 281 g/mol. The van der Waals surface area contributed by atoms with Crippen LogP contribution in [0.15, 0.2) is 34.2 Å². The van der Waals surface area contributed by atoms with Gasteiger partial charge in [0, 0.05) is 20.9 Å². The summed E-state index contributed by atoms with van der Waals surface area (Å²) in [6.45, 7) is 0.360. The molecule has 0 saturated heterocycles. The summed E-state index contributed by atoms with van der Waals surface area (Å²) in [5.74, 6) is -0.393. The van der Waals surface area contributed by atoms with Crippen LogP contribution in [0.1, 0.15) is 4.88 Å². The van der Waals surface area contributed by atoms with E-state index < -0.39 is 5.95 Å². The number of hydrogen-bond acceptors (Lipinski definition) is 3. The van der Waals surface area contributed by atoms with Crippen LogP contribution in [0.5, 0.6) is 5.75 Å². The van der Waals surface area contributed by atoms with E-state index in [1.165, 1.54) is 6.20 Å². The molecule has 0 aliphatic heterocycles. The number of halogens is 2. The molecule has 2 heterocycles. The van der Waals surface area contributed by atoms with Crippen molar-refractivity contribution in [3.05, 3.63) is 45.1 Å². The highest BCUT2D eigenvalue weighted by Gasteiger charge is 2.04. The summed E-state index contributed by atoms with van der Waals surface area (Å²) in [5.41, 5.74) is 0. The second-order valence-corrected chi connectivity index (χ2v) is 4.72. The first-order chi connectivity index (χ1) is 7.25. The summed E-state index contributed by atoms with van der Waals surface area (Å²) in [6.07, 6.45) is 1.39. The molecule has 2 aromatic rings. The van der Waals surface area contributed by atoms with E-state index in [2.05, 4.69) is 20.9 Å². The Kier molecular flexibility index (Phi) is 3.33. The zero-order valence-electron chi connectivity index (χ0n) is 7.61. The minimum atomic E-state index is -0.576. The van der Waals surface area contributed by atoms with Crippen molar-refractivity contribution < 1.29 is 9.13 Å². The predicted molar refractivity (Wildman–Crippen MR) is 60.5 cm³/mol. The van der Waals surface area contributed by atoms with Crippen molar-refractivity contribution >= 4 is 27.3 Å². The Morgan fingerprint density at radius 3 is 3.07 bits per heavy atom. The third kappa shape index (κ3) is 2.76. The molecule has 0 unspecified atom stereocenters. The van der Waals surface area contributed by atoms with Crippen molar-refractivity contribution in [2.24, 2.45) is 0 Å². The normalized spacial score (nSPS) is 10.3. The fourth-order valence-electron chi connectivity index (χ4n) is 1.06.